The SMILES string of the molecule is CC1=CCN(CCNc2nc(NCCO)nc(Nc3ccc(Nc4nc(NCCO)nc(NCCn5c(O)c(N=Nc6cc(COO)cc(COO)c6)c(C)cc5=O)n4)cc3)n2)C(=O)/C1=N/Nc1cc(COO)cc(COO)c1. The van der Waals surface area contributed by atoms with Gasteiger partial charge in [0.2, 0.25) is 41.6 Å². The van der Waals surface area contributed by atoms with Gasteiger partial charge in [-0.3, -0.25) is 40.6 Å². The lowest BCUT2D eigenvalue weighted by molar-refractivity contribution is -0.254. The van der Waals surface area contributed by atoms with Gasteiger partial charge in [-0.1, -0.05) is 18.2 Å². The van der Waals surface area contributed by atoms with Crippen molar-refractivity contribution in [3.05, 3.63) is 117 Å². The Balaban J connectivity index is 0.980. The highest BCUT2D eigenvalue weighted by atomic mass is 17.1. The molecule has 7 rings (SSSR count). The largest absolute Gasteiger partial charge is 0.493 e. The van der Waals surface area contributed by atoms with Crippen LogP contribution in [0.2, 0.25) is 0 Å². The third kappa shape index (κ3) is 16.8. The minimum atomic E-state index is -0.511. The molecule has 0 unspecified atom stereocenters. The Hall–Kier alpha value is -8.89. The molecular weight excluding hydrogens is 1040 g/mol. The van der Waals surface area contributed by atoms with Gasteiger partial charge in [0, 0.05) is 63.3 Å². The van der Waals surface area contributed by atoms with Crippen molar-refractivity contribution in [1.29, 1.82) is 0 Å². The second kappa shape index (κ2) is 29.0. The summed E-state index contributed by atoms with van der Waals surface area (Å²) in [6.07, 6.45) is 1.87. The molecule has 0 fully saturated rings. The number of carbonyl (C=O) groups is 1. The predicted octanol–water partition coefficient (Wildman–Crippen LogP) is 4.68. The van der Waals surface area contributed by atoms with Gasteiger partial charge < -0.3 is 52.1 Å². The first-order chi connectivity index (χ1) is 38.4. The summed E-state index contributed by atoms with van der Waals surface area (Å²) < 4.78 is 1.09. The maximum Gasteiger partial charge on any atom is 0.274 e. The Labute approximate surface area is 449 Å². The Morgan fingerprint density at radius 1 is 0.570 bits per heavy atom. The number of aliphatic hydroxyl groups is 2. The molecule has 4 heterocycles. The Bertz CT molecular complexity index is 3140. The Morgan fingerprint density at radius 2 is 1.03 bits per heavy atom. The number of aryl methyl sites for hydroxylation is 1. The number of hydrogen-bond acceptors (Lipinski definition) is 29. The summed E-state index contributed by atoms with van der Waals surface area (Å²) in [7, 11) is 0. The molecule has 0 bridgehead atoms. The van der Waals surface area contributed by atoms with Crippen molar-refractivity contribution in [3.8, 4) is 5.88 Å². The van der Waals surface area contributed by atoms with Crippen LogP contribution in [0.5, 0.6) is 5.88 Å². The first-order valence-electron chi connectivity index (χ1n) is 24.2. The molecule has 3 aromatic heterocycles. The number of hydrazone groups is 1. The van der Waals surface area contributed by atoms with Crippen LogP contribution in [0.4, 0.5) is 64.1 Å². The molecule has 31 heteroatoms. The number of nitrogens with one attached hydrogen (secondary N) is 7. The van der Waals surface area contributed by atoms with Crippen molar-refractivity contribution < 1.29 is 60.7 Å². The summed E-state index contributed by atoms with van der Waals surface area (Å²) in [6.45, 7) is 3.47. The van der Waals surface area contributed by atoms with Crippen LogP contribution in [0.25, 0.3) is 0 Å². The molecule has 0 radical (unpaired) electrons. The summed E-state index contributed by atoms with van der Waals surface area (Å²) in [4.78, 5) is 71.8. The molecule has 1 amide bonds. The highest BCUT2D eigenvalue weighted by Gasteiger charge is 2.25. The second-order valence-electron chi connectivity index (χ2n) is 17.1. The molecule has 1 aliphatic rings. The lowest BCUT2D eigenvalue weighted by atomic mass is 10.1. The van der Waals surface area contributed by atoms with E-state index in [2.05, 4.69) is 102 Å². The fraction of sp³-hybridized carbons (Fsp3) is 0.312. The fourth-order valence-electron chi connectivity index (χ4n) is 7.63. The third-order valence-electron chi connectivity index (χ3n) is 11.2. The molecule has 0 saturated heterocycles. The molecule has 6 aromatic rings. The maximum atomic E-state index is 13.6. The predicted molar refractivity (Wildman–Crippen MR) is 286 cm³/mol. The fourth-order valence-corrected chi connectivity index (χ4v) is 7.63. The minimum absolute atomic E-state index is 0.0231. The van der Waals surface area contributed by atoms with E-state index < -0.39 is 11.4 Å². The molecule has 418 valence electrons. The van der Waals surface area contributed by atoms with E-state index in [1.165, 1.54) is 6.07 Å². The number of anilines is 9. The highest BCUT2D eigenvalue weighted by Crippen LogP contribution is 2.31. The van der Waals surface area contributed by atoms with E-state index in [0.29, 0.717) is 62.7 Å². The summed E-state index contributed by atoms with van der Waals surface area (Å²) in [6, 6.07) is 18.0. The van der Waals surface area contributed by atoms with Crippen LogP contribution in [0, 0.1) is 6.92 Å². The van der Waals surface area contributed by atoms with Gasteiger partial charge >= 0.3 is 0 Å². The molecule has 3 aromatic carbocycles. The van der Waals surface area contributed by atoms with Crippen molar-refractivity contribution in [2.75, 3.05) is 89.8 Å². The number of amides is 1. The van der Waals surface area contributed by atoms with E-state index in [1.54, 1.807) is 79.4 Å². The van der Waals surface area contributed by atoms with E-state index in [9.17, 15) is 24.9 Å². The highest BCUT2D eigenvalue weighted by molar-refractivity contribution is 6.45. The lowest BCUT2D eigenvalue weighted by Gasteiger charge is -2.26. The second-order valence-corrected chi connectivity index (χ2v) is 17.1. The maximum absolute atomic E-state index is 13.6. The smallest absolute Gasteiger partial charge is 0.274 e. The van der Waals surface area contributed by atoms with Crippen molar-refractivity contribution in [1.82, 2.24) is 39.4 Å². The van der Waals surface area contributed by atoms with Gasteiger partial charge in [-0.05, 0) is 95.8 Å². The Morgan fingerprint density at radius 3 is 1.51 bits per heavy atom. The molecule has 0 aliphatic carbocycles. The third-order valence-corrected chi connectivity index (χ3v) is 11.2. The zero-order chi connectivity index (χ0) is 56.1. The average Bonchev–Trinajstić information content (AvgIpc) is 3.47. The summed E-state index contributed by atoms with van der Waals surface area (Å²) in [5.41, 5.74) is 7.63. The monoisotopic (exact) mass is 1090 g/mol. The van der Waals surface area contributed by atoms with Gasteiger partial charge in [0.1, 0.15) is 32.1 Å². The molecule has 14 N–H and O–H groups in total. The standard InChI is InChI=1S/C48H58N18O13/c1-28-7-12-65(41(70)39(28)63-61-36-20-30(24-76-72)18-31(21-36)25-77-73)13-8-49-43-55-45(51-10-15-67)59-47(57-43)53-34-3-5-35(6-4-34)54-48-58-44(56-46(60-48)52-11-16-68)50-9-14-66-38(69)17-29(2)40(42(66)71)64-62-37-22-32(26-78-74)19-33(23-37)27-79-75/h3-7,17-23,61,67-68,71-75H,8-16,24-27H2,1-2H3,(H3,49,51,53,55,57,59)(H3,50,52,54,56,58,60)/b63-39+,64-62?. The first-order valence-corrected chi connectivity index (χ1v) is 24.2. The van der Waals surface area contributed by atoms with Gasteiger partial charge in [0.05, 0.1) is 24.6 Å². The number of nitrogens with zero attached hydrogens (tertiary/aromatic N) is 11. The number of carbonyl (C=O) groups excluding carboxylic acids is 1. The zero-order valence-electron chi connectivity index (χ0n) is 42.6. The first kappa shape index (κ1) is 57.8. The van der Waals surface area contributed by atoms with Gasteiger partial charge in [-0.25, -0.2) is 19.6 Å². The van der Waals surface area contributed by atoms with E-state index in [0.717, 1.165) is 4.57 Å². The van der Waals surface area contributed by atoms with Gasteiger partial charge in [-0.2, -0.15) is 40.1 Å². The van der Waals surface area contributed by atoms with Crippen molar-refractivity contribution in [2.24, 2.45) is 15.3 Å². The van der Waals surface area contributed by atoms with E-state index in [1.807, 2.05) is 6.08 Å². The number of benzene rings is 3. The summed E-state index contributed by atoms with van der Waals surface area (Å²) in [5, 5.41) is 97.0. The number of pyridine rings is 1. The normalized spacial score (nSPS) is 13.0. The number of aliphatic hydroxyl groups excluding tert-OH is 2. The number of hydrogen-bond donors (Lipinski definition) is 14. The molecule has 79 heavy (non-hydrogen) atoms. The number of aromatic hydroxyl groups is 1. The lowest BCUT2D eigenvalue weighted by Crippen LogP contribution is -2.43. The number of azo groups is 1. The molecule has 0 spiro atoms. The van der Waals surface area contributed by atoms with Crippen LogP contribution in [-0.2, 0) is 57.3 Å². The molecule has 1 aliphatic heterocycles. The summed E-state index contributed by atoms with van der Waals surface area (Å²) in [5.74, 6) is 0.0614. The van der Waals surface area contributed by atoms with E-state index in [-0.39, 0.29) is 132 Å². The van der Waals surface area contributed by atoms with Crippen molar-refractivity contribution in [2.45, 2.75) is 46.8 Å². The van der Waals surface area contributed by atoms with Gasteiger partial charge in [0.25, 0.3) is 11.5 Å². The topological polar surface area (TPSA) is 419 Å². The molecule has 0 saturated carbocycles. The van der Waals surface area contributed by atoms with E-state index in [4.69, 9.17) is 21.0 Å². The van der Waals surface area contributed by atoms with E-state index >= 15 is 0 Å². The van der Waals surface area contributed by atoms with Crippen LogP contribution < -0.4 is 42.9 Å². The molecule has 0 atom stereocenters. The van der Waals surface area contributed by atoms with Crippen LogP contribution in [-0.4, -0.2) is 140 Å². The van der Waals surface area contributed by atoms with Crippen LogP contribution in [0.15, 0.2) is 98.5 Å². The number of rotatable bonds is 30. The number of aromatic nitrogens is 7. The molecular formula is C48H58N18O13. The van der Waals surface area contributed by atoms with Gasteiger partial charge in [-0.15, -0.1) is 5.11 Å². The Kier molecular flexibility index (Phi) is 21.2. The average molecular weight is 1100 g/mol. The molecule has 31 nitrogen and oxygen atoms in total. The zero-order valence-corrected chi connectivity index (χ0v) is 42.6. The summed E-state index contributed by atoms with van der Waals surface area (Å²) >= 11 is 0. The minimum Gasteiger partial charge on any atom is -0.493 e. The van der Waals surface area contributed by atoms with Crippen LogP contribution in [0.1, 0.15) is 34.7 Å². The quantitative estimate of drug-likeness (QED) is 0.0165. The van der Waals surface area contributed by atoms with Gasteiger partial charge in [0.15, 0.2) is 5.71 Å². The van der Waals surface area contributed by atoms with Crippen molar-refractivity contribution >= 4 is 75.7 Å². The van der Waals surface area contributed by atoms with Crippen LogP contribution in [0.3, 0.4) is 0 Å². The van der Waals surface area contributed by atoms with Crippen LogP contribution >= 0.6 is 0 Å². The van der Waals surface area contributed by atoms with Crippen molar-refractivity contribution in [3.63, 3.8) is 0 Å².